The molecule has 56 heavy (non-hydrogen) atoms. The third-order valence-corrected chi connectivity index (χ3v) is 12.1. The van der Waals surface area contributed by atoms with Crippen molar-refractivity contribution in [1.82, 2.24) is 24.5 Å². The minimum Gasteiger partial charge on any atom is -0.309 e. The minimum absolute atomic E-state index is 0.133. The molecule has 3 heterocycles. The van der Waals surface area contributed by atoms with Crippen LogP contribution in [0.4, 0.5) is 0 Å². The molecule has 0 spiro atoms. The Balaban J connectivity index is 1.04. The Morgan fingerprint density at radius 3 is 2.12 bits per heavy atom. The smallest absolute Gasteiger partial charge is 0.182 e. The number of nitrogens with zero attached hydrogens (tertiary/aromatic N) is 5. The molecule has 0 N–H and O–H groups in total. The van der Waals surface area contributed by atoms with Gasteiger partial charge in [0.1, 0.15) is 11.2 Å². The van der Waals surface area contributed by atoms with Gasteiger partial charge in [0.2, 0.25) is 0 Å². The van der Waals surface area contributed by atoms with Crippen molar-refractivity contribution in [3.05, 3.63) is 175 Å². The van der Waals surface area contributed by atoms with Crippen LogP contribution in [0.15, 0.2) is 164 Å². The van der Waals surface area contributed by atoms with Crippen LogP contribution in [-0.2, 0) is 5.41 Å². The van der Waals surface area contributed by atoms with Crippen molar-refractivity contribution in [1.29, 1.82) is 0 Å². The van der Waals surface area contributed by atoms with Crippen molar-refractivity contribution in [3.63, 3.8) is 0 Å². The maximum Gasteiger partial charge on any atom is 0.182 e. The van der Waals surface area contributed by atoms with E-state index in [1.165, 1.54) is 65.6 Å². The average molecular weight is 716 g/mol. The van der Waals surface area contributed by atoms with E-state index in [4.69, 9.17) is 15.0 Å². The molecule has 3 aromatic heterocycles. The van der Waals surface area contributed by atoms with E-state index in [2.05, 4.69) is 175 Å². The van der Waals surface area contributed by atoms with Gasteiger partial charge < -0.3 is 4.57 Å². The number of hydrogen-bond acceptors (Lipinski definition) is 4. The largest absolute Gasteiger partial charge is 0.309 e. The van der Waals surface area contributed by atoms with Gasteiger partial charge in [0, 0.05) is 45.4 Å². The number of hydrogen-bond donors (Lipinski definition) is 0. The van der Waals surface area contributed by atoms with Crippen LogP contribution in [0.3, 0.4) is 0 Å². The Labute approximate surface area is 322 Å². The maximum atomic E-state index is 5.26. The molecule has 0 saturated heterocycles. The van der Waals surface area contributed by atoms with Crippen molar-refractivity contribution in [2.24, 2.45) is 0 Å². The van der Waals surface area contributed by atoms with Gasteiger partial charge in [0.05, 0.1) is 11.0 Å². The van der Waals surface area contributed by atoms with Crippen LogP contribution in [0.25, 0.3) is 105 Å². The molecule has 0 aliphatic heterocycles. The molecule has 262 valence electrons. The molecule has 0 radical (unpaired) electrons. The third kappa shape index (κ3) is 4.42. The van der Waals surface area contributed by atoms with E-state index >= 15 is 0 Å². The normalized spacial score (nSPS) is 13.3. The minimum atomic E-state index is -0.133. The van der Waals surface area contributed by atoms with E-state index in [1.807, 2.05) is 0 Å². The van der Waals surface area contributed by atoms with Gasteiger partial charge in [0.25, 0.3) is 0 Å². The van der Waals surface area contributed by atoms with Crippen LogP contribution in [-0.4, -0.2) is 24.5 Å². The molecule has 0 saturated carbocycles. The van der Waals surface area contributed by atoms with Crippen molar-refractivity contribution in [2.75, 3.05) is 0 Å². The van der Waals surface area contributed by atoms with E-state index in [-0.39, 0.29) is 5.41 Å². The van der Waals surface area contributed by atoms with Crippen LogP contribution in [0.2, 0.25) is 0 Å². The van der Waals surface area contributed by atoms with Crippen LogP contribution >= 0.6 is 0 Å². The first kappa shape index (κ1) is 31.1. The fraction of sp³-hybridized carbons (Fsp3) is 0.0588. The Kier molecular flexibility index (Phi) is 6.33. The van der Waals surface area contributed by atoms with E-state index < -0.39 is 0 Å². The second-order valence-corrected chi connectivity index (χ2v) is 15.5. The van der Waals surface area contributed by atoms with E-state index in [0.717, 1.165) is 33.3 Å². The predicted molar refractivity (Wildman–Crippen MR) is 230 cm³/mol. The highest BCUT2D eigenvalue weighted by Crippen LogP contribution is 2.49. The van der Waals surface area contributed by atoms with Crippen LogP contribution in [0.1, 0.15) is 25.0 Å². The highest BCUT2D eigenvalue weighted by atomic mass is 15.0. The monoisotopic (exact) mass is 715 g/mol. The van der Waals surface area contributed by atoms with Gasteiger partial charge >= 0.3 is 0 Å². The molecule has 0 atom stereocenters. The number of rotatable bonds is 3. The van der Waals surface area contributed by atoms with Crippen molar-refractivity contribution >= 4 is 65.3 Å². The lowest BCUT2D eigenvalue weighted by Crippen LogP contribution is -2.15. The topological polar surface area (TPSA) is 56.5 Å². The van der Waals surface area contributed by atoms with Crippen molar-refractivity contribution < 1.29 is 0 Å². The molecule has 0 amide bonds. The molecule has 12 rings (SSSR count). The van der Waals surface area contributed by atoms with Gasteiger partial charge in [-0.3, -0.25) is 0 Å². The quantitative estimate of drug-likeness (QED) is 0.183. The summed E-state index contributed by atoms with van der Waals surface area (Å²) in [6.07, 6.45) is 3.43. The van der Waals surface area contributed by atoms with E-state index in [0.29, 0.717) is 17.0 Å². The molecule has 8 aromatic carbocycles. The fourth-order valence-corrected chi connectivity index (χ4v) is 9.31. The second kappa shape index (κ2) is 11.4. The predicted octanol–water partition coefficient (Wildman–Crippen LogP) is 12.6. The second-order valence-electron chi connectivity index (χ2n) is 15.5. The first-order chi connectivity index (χ1) is 27.5. The molecule has 1 aliphatic carbocycles. The lowest BCUT2D eigenvalue weighted by Gasteiger charge is -2.22. The molecular weight excluding hydrogens is 683 g/mol. The van der Waals surface area contributed by atoms with Gasteiger partial charge in [-0.25, -0.2) is 19.9 Å². The summed E-state index contributed by atoms with van der Waals surface area (Å²) in [6.45, 7) is 4.61. The van der Waals surface area contributed by atoms with Gasteiger partial charge in [0.15, 0.2) is 11.5 Å². The lowest BCUT2D eigenvalue weighted by molar-refractivity contribution is 0.660. The molecule has 0 unspecified atom stereocenters. The Morgan fingerprint density at radius 1 is 0.482 bits per heavy atom. The van der Waals surface area contributed by atoms with Gasteiger partial charge in [-0.15, -0.1) is 0 Å². The van der Waals surface area contributed by atoms with Gasteiger partial charge in [-0.2, -0.15) is 0 Å². The summed E-state index contributed by atoms with van der Waals surface area (Å²) in [4.78, 5) is 19.7. The number of aromatic nitrogens is 5. The van der Waals surface area contributed by atoms with E-state index in [1.54, 1.807) is 12.4 Å². The van der Waals surface area contributed by atoms with Crippen LogP contribution in [0.5, 0.6) is 0 Å². The standard InChI is InChI=1S/C51H33N5/c1-51(2)42-14-8-7-13-39(42)40-21-18-34(28-43(40)51)47-48-50(53-24-23-52-48)55-49(54-47)35-16-15-30-17-20-37(26-36(30)25-35)56-44-22-19-31-9-5-6-12-38(31)46(44)41-27-32-10-3-4-11-33(32)29-45(41)56/h3-29H,1-2H3. The zero-order chi connectivity index (χ0) is 37.1. The highest BCUT2D eigenvalue weighted by Gasteiger charge is 2.35. The zero-order valence-electron chi connectivity index (χ0n) is 30.8. The summed E-state index contributed by atoms with van der Waals surface area (Å²) in [5, 5.41) is 9.74. The van der Waals surface area contributed by atoms with E-state index in [9.17, 15) is 0 Å². The third-order valence-electron chi connectivity index (χ3n) is 12.1. The molecule has 11 aromatic rings. The molecule has 0 fully saturated rings. The first-order valence-corrected chi connectivity index (χ1v) is 19.1. The summed E-state index contributed by atoms with van der Waals surface area (Å²) >= 11 is 0. The molecule has 5 heteroatoms. The van der Waals surface area contributed by atoms with Crippen LogP contribution < -0.4 is 0 Å². The Morgan fingerprint density at radius 2 is 1.21 bits per heavy atom. The van der Waals surface area contributed by atoms with Crippen molar-refractivity contribution in [3.8, 4) is 39.5 Å². The summed E-state index contributed by atoms with van der Waals surface area (Å²) in [5.74, 6) is 0.623. The zero-order valence-corrected chi connectivity index (χ0v) is 30.8. The summed E-state index contributed by atoms with van der Waals surface area (Å²) < 4.78 is 2.42. The number of fused-ring (bicyclic) bond motifs is 11. The van der Waals surface area contributed by atoms with Gasteiger partial charge in [-0.1, -0.05) is 123 Å². The number of benzene rings is 8. The molecule has 1 aliphatic rings. The first-order valence-electron chi connectivity index (χ1n) is 19.1. The van der Waals surface area contributed by atoms with Crippen LogP contribution in [0, 0.1) is 0 Å². The Bertz CT molecular complexity index is 3470. The Hall–Kier alpha value is -7.24. The SMILES string of the molecule is CC1(C)c2ccccc2-c2ccc(-c3nc(-c4ccc5ccc(-n6c7cc8ccccc8cc7c7c8ccccc8ccc76)cc5c4)nc4nccnc34)cc21. The fourth-order valence-electron chi connectivity index (χ4n) is 9.31. The lowest BCUT2D eigenvalue weighted by atomic mass is 9.82. The molecular formula is C51H33N5. The summed E-state index contributed by atoms with van der Waals surface area (Å²) in [6, 6.07) is 55.2. The summed E-state index contributed by atoms with van der Waals surface area (Å²) in [7, 11) is 0. The highest BCUT2D eigenvalue weighted by molar-refractivity contribution is 6.23. The van der Waals surface area contributed by atoms with Crippen molar-refractivity contribution in [2.45, 2.75) is 19.3 Å². The molecule has 5 nitrogen and oxygen atoms in total. The average Bonchev–Trinajstić information content (AvgIpc) is 3.69. The molecule has 0 bridgehead atoms. The maximum absolute atomic E-state index is 5.26. The van der Waals surface area contributed by atoms with Gasteiger partial charge in [-0.05, 0) is 97.0 Å². The summed E-state index contributed by atoms with van der Waals surface area (Å²) in [5.41, 5.74) is 12.5.